The molecule has 1 aromatic rings. The average Bonchev–Trinajstić information content (AvgIpc) is 2.66. The van der Waals surface area contributed by atoms with Crippen LogP contribution in [-0.2, 0) is 25.6 Å². The molecule has 2 heterocycles. The SMILES string of the molecule is CC1(C)OC(=O)C(C(=N)Cn2cncn2)C(=O)O1. The largest absolute Gasteiger partial charge is 0.422 e. The zero-order valence-corrected chi connectivity index (χ0v) is 9.91. The van der Waals surface area contributed by atoms with Crippen molar-refractivity contribution in [2.24, 2.45) is 5.92 Å². The molecule has 8 nitrogen and oxygen atoms in total. The molecule has 1 saturated heterocycles. The van der Waals surface area contributed by atoms with Crippen molar-refractivity contribution in [3.05, 3.63) is 12.7 Å². The van der Waals surface area contributed by atoms with Crippen molar-refractivity contribution in [1.29, 1.82) is 5.41 Å². The molecule has 0 spiro atoms. The summed E-state index contributed by atoms with van der Waals surface area (Å²) in [5.41, 5.74) is -0.147. The Kier molecular flexibility index (Phi) is 2.85. The number of nitrogens with zero attached hydrogens (tertiary/aromatic N) is 3. The third-order valence-electron chi connectivity index (χ3n) is 2.31. The van der Waals surface area contributed by atoms with Crippen molar-refractivity contribution in [2.75, 3.05) is 0 Å². The van der Waals surface area contributed by atoms with Gasteiger partial charge < -0.3 is 14.9 Å². The number of hydrogen-bond acceptors (Lipinski definition) is 7. The summed E-state index contributed by atoms with van der Waals surface area (Å²) in [4.78, 5) is 27.1. The summed E-state index contributed by atoms with van der Waals surface area (Å²) in [6.45, 7) is 2.90. The molecule has 18 heavy (non-hydrogen) atoms. The fourth-order valence-electron chi connectivity index (χ4n) is 1.58. The van der Waals surface area contributed by atoms with Crippen LogP contribution in [-0.4, -0.2) is 38.2 Å². The molecular formula is C10H12N4O4. The third-order valence-corrected chi connectivity index (χ3v) is 2.31. The molecule has 0 bridgehead atoms. The Balaban J connectivity index is 2.11. The fourth-order valence-corrected chi connectivity index (χ4v) is 1.58. The van der Waals surface area contributed by atoms with Crippen molar-refractivity contribution < 1.29 is 19.1 Å². The third kappa shape index (κ3) is 2.36. The first kappa shape index (κ1) is 12.2. The van der Waals surface area contributed by atoms with E-state index in [0.717, 1.165) is 0 Å². The maximum atomic E-state index is 11.7. The Bertz CT molecular complexity index is 474. The molecule has 0 unspecified atom stereocenters. The number of carbonyl (C=O) groups is 2. The van der Waals surface area contributed by atoms with E-state index in [2.05, 4.69) is 10.1 Å². The van der Waals surface area contributed by atoms with E-state index in [9.17, 15) is 9.59 Å². The number of hydrogen-bond donors (Lipinski definition) is 1. The minimum absolute atomic E-state index is 0.0186. The van der Waals surface area contributed by atoms with Gasteiger partial charge in [-0.3, -0.25) is 9.59 Å². The van der Waals surface area contributed by atoms with Crippen LogP contribution < -0.4 is 0 Å². The van der Waals surface area contributed by atoms with Gasteiger partial charge in [0.05, 0.1) is 12.3 Å². The van der Waals surface area contributed by atoms with E-state index >= 15 is 0 Å². The monoisotopic (exact) mass is 252 g/mol. The van der Waals surface area contributed by atoms with Crippen LogP contribution in [0.25, 0.3) is 0 Å². The normalized spacial score (nSPS) is 19.2. The molecule has 8 heteroatoms. The van der Waals surface area contributed by atoms with Crippen LogP contribution in [0.3, 0.4) is 0 Å². The van der Waals surface area contributed by atoms with E-state index in [1.165, 1.54) is 31.2 Å². The van der Waals surface area contributed by atoms with E-state index in [1.54, 1.807) is 0 Å². The number of cyclic esters (lactones) is 2. The van der Waals surface area contributed by atoms with Gasteiger partial charge >= 0.3 is 11.9 Å². The number of carbonyl (C=O) groups excluding carboxylic acids is 2. The van der Waals surface area contributed by atoms with Crippen LogP contribution in [0, 0.1) is 11.3 Å². The molecule has 0 amide bonds. The Morgan fingerprint density at radius 3 is 2.56 bits per heavy atom. The second kappa shape index (κ2) is 4.21. The molecule has 0 aliphatic carbocycles. The summed E-state index contributed by atoms with van der Waals surface area (Å²) in [5, 5.41) is 11.5. The maximum Gasteiger partial charge on any atom is 0.329 e. The van der Waals surface area contributed by atoms with Crippen LogP contribution >= 0.6 is 0 Å². The Morgan fingerprint density at radius 2 is 2.06 bits per heavy atom. The molecule has 96 valence electrons. The standard InChI is InChI=1S/C10H12N4O4/c1-10(2)17-8(15)7(9(16)18-10)6(11)3-14-5-12-4-13-14/h4-5,7,11H,3H2,1-2H3. The lowest BCUT2D eigenvalue weighted by atomic mass is 10.0. The molecule has 0 aromatic carbocycles. The van der Waals surface area contributed by atoms with Crippen molar-refractivity contribution in [1.82, 2.24) is 14.8 Å². The van der Waals surface area contributed by atoms with E-state index in [-0.39, 0.29) is 12.3 Å². The predicted molar refractivity (Wildman–Crippen MR) is 57.5 cm³/mol. The topological polar surface area (TPSA) is 107 Å². The lowest BCUT2D eigenvalue weighted by molar-refractivity contribution is -0.235. The molecule has 1 aliphatic rings. The lowest BCUT2D eigenvalue weighted by Gasteiger charge is -2.32. The molecule has 0 saturated carbocycles. The zero-order chi connectivity index (χ0) is 13.3. The van der Waals surface area contributed by atoms with Crippen LogP contribution in [0.5, 0.6) is 0 Å². The lowest BCUT2D eigenvalue weighted by Crippen LogP contribution is -2.49. The van der Waals surface area contributed by atoms with E-state index < -0.39 is 23.6 Å². The van der Waals surface area contributed by atoms with Gasteiger partial charge in [0.1, 0.15) is 12.7 Å². The molecule has 1 fully saturated rings. The second-order valence-corrected chi connectivity index (χ2v) is 4.29. The number of nitrogens with one attached hydrogen (secondary N) is 1. The molecule has 1 N–H and O–H groups in total. The molecule has 1 aromatic heterocycles. The summed E-state index contributed by atoms with van der Waals surface area (Å²) in [6, 6.07) is 0. The van der Waals surface area contributed by atoms with Gasteiger partial charge in [0.2, 0.25) is 0 Å². The highest BCUT2D eigenvalue weighted by molar-refractivity contribution is 6.16. The Hall–Kier alpha value is -2.25. The van der Waals surface area contributed by atoms with Gasteiger partial charge in [-0.1, -0.05) is 0 Å². The number of ether oxygens (including phenoxy) is 2. The predicted octanol–water partition coefficient (Wildman–Crippen LogP) is -0.250. The summed E-state index contributed by atoms with van der Waals surface area (Å²) >= 11 is 0. The molecule has 0 atom stereocenters. The highest BCUT2D eigenvalue weighted by Crippen LogP contribution is 2.23. The minimum Gasteiger partial charge on any atom is -0.422 e. The first-order valence-corrected chi connectivity index (χ1v) is 5.24. The van der Waals surface area contributed by atoms with Crippen molar-refractivity contribution >= 4 is 17.7 Å². The minimum atomic E-state index is -1.33. The van der Waals surface area contributed by atoms with Crippen LogP contribution in [0.1, 0.15) is 13.8 Å². The van der Waals surface area contributed by atoms with Crippen LogP contribution in [0.2, 0.25) is 0 Å². The molecule has 2 rings (SSSR count). The van der Waals surface area contributed by atoms with E-state index in [4.69, 9.17) is 14.9 Å². The second-order valence-electron chi connectivity index (χ2n) is 4.29. The van der Waals surface area contributed by atoms with Crippen molar-refractivity contribution in [3.63, 3.8) is 0 Å². The molecule has 0 radical (unpaired) electrons. The molecule has 1 aliphatic heterocycles. The Morgan fingerprint density at radius 1 is 1.44 bits per heavy atom. The van der Waals surface area contributed by atoms with Crippen molar-refractivity contribution in [3.8, 4) is 0 Å². The van der Waals surface area contributed by atoms with Gasteiger partial charge in [-0.25, -0.2) is 9.67 Å². The maximum absolute atomic E-state index is 11.7. The first-order chi connectivity index (χ1) is 8.39. The van der Waals surface area contributed by atoms with Crippen molar-refractivity contribution in [2.45, 2.75) is 26.2 Å². The average molecular weight is 252 g/mol. The quantitative estimate of drug-likeness (QED) is 0.451. The summed E-state index contributed by atoms with van der Waals surface area (Å²) < 4.78 is 11.2. The fraction of sp³-hybridized carbons (Fsp3) is 0.500. The number of esters is 2. The smallest absolute Gasteiger partial charge is 0.329 e. The zero-order valence-electron chi connectivity index (χ0n) is 9.91. The van der Waals surface area contributed by atoms with Gasteiger partial charge in [0, 0.05) is 13.8 Å². The highest BCUT2D eigenvalue weighted by Gasteiger charge is 2.45. The van der Waals surface area contributed by atoms with Gasteiger partial charge in [-0.15, -0.1) is 0 Å². The number of aromatic nitrogens is 3. The van der Waals surface area contributed by atoms with E-state index in [0.29, 0.717) is 0 Å². The summed E-state index contributed by atoms with van der Waals surface area (Å²) in [7, 11) is 0. The van der Waals surface area contributed by atoms with E-state index in [1.807, 2.05) is 0 Å². The first-order valence-electron chi connectivity index (χ1n) is 5.24. The summed E-state index contributed by atoms with van der Waals surface area (Å²) in [5.74, 6) is -4.16. The molecular weight excluding hydrogens is 240 g/mol. The van der Waals surface area contributed by atoms with Gasteiger partial charge in [-0.2, -0.15) is 5.10 Å². The van der Waals surface area contributed by atoms with Crippen LogP contribution in [0.4, 0.5) is 0 Å². The summed E-state index contributed by atoms with van der Waals surface area (Å²) in [6.07, 6.45) is 2.69. The number of rotatable bonds is 3. The Labute approximate surface area is 102 Å². The van der Waals surface area contributed by atoms with Crippen LogP contribution in [0.15, 0.2) is 12.7 Å². The highest BCUT2D eigenvalue weighted by atomic mass is 16.7. The van der Waals surface area contributed by atoms with Gasteiger partial charge in [-0.05, 0) is 0 Å². The van der Waals surface area contributed by atoms with Gasteiger partial charge in [0.25, 0.3) is 5.79 Å². The van der Waals surface area contributed by atoms with Gasteiger partial charge in [0.15, 0.2) is 5.92 Å².